The Morgan fingerprint density at radius 1 is 1.10 bits per heavy atom. The van der Waals surface area contributed by atoms with Crippen molar-refractivity contribution in [2.45, 2.75) is 44.7 Å². The minimum atomic E-state index is -1.19. The van der Waals surface area contributed by atoms with Crippen LogP contribution in [0, 0.1) is 0 Å². The van der Waals surface area contributed by atoms with Crippen LogP contribution in [0.5, 0.6) is 5.75 Å². The van der Waals surface area contributed by atoms with Crippen LogP contribution in [0.2, 0.25) is 0 Å². The molecular formula is C24H29N3O4. The van der Waals surface area contributed by atoms with E-state index in [4.69, 9.17) is 4.74 Å². The highest BCUT2D eigenvalue weighted by molar-refractivity contribution is 6.09. The smallest absolute Gasteiger partial charge is 0.325 e. The van der Waals surface area contributed by atoms with Gasteiger partial charge in [-0.2, -0.15) is 0 Å². The van der Waals surface area contributed by atoms with E-state index in [2.05, 4.69) is 10.6 Å². The molecule has 3 rings (SSSR count). The Balaban J connectivity index is 1.76. The number of carbonyl (C=O) groups excluding carboxylic acids is 3. The fourth-order valence-corrected chi connectivity index (χ4v) is 3.96. The summed E-state index contributed by atoms with van der Waals surface area (Å²) in [5.41, 5.74) is 0.465. The largest absolute Gasteiger partial charge is 0.497 e. The van der Waals surface area contributed by atoms with E-state index in [1.807, 2.05) is 44.2 Å². The molecule has 1 aliphatic rings. The van der Waals surface area contributed by atoms with Crippen molar-refractivity contribution in [2.24, 2.45) is 0 Å². The molecule has 2 aromatic carbocycles. The maximum atomic E-state index is 13.3. The van der Waals surface area contributed by atoms with E-state index in [1.54, 1.807) is 31.4 Å². The average Bonchev–Trinajstić information content (AvgIpc) is 3.04. The number of benzene rings is 2. The molecule has 0 aromatic heterocycles. The molecule has 2 aromatic rings. The Morgan fingerprint density at radius 3 is 2.35 bits per heavy atom. The minimum absolute atomic E-state index is 0.169. The molecule has 2 N–H and O–H groups in total. The van der Waals surface area contributed by atoms with Gasteiger partial charge in [-0.25, -0.2) is 4.79 Å². The summed E-state index contributed by atoms with van der Waals surface area (Å²) in [7, 11) is 1.56. The SMILES string of the molecule is CCC[C@@H](NC(=O)CN1C(=O)N[C@](CC)(c2ccc(OC)cc2)C1=O)c1ccccc1. The monoisotopic (exact) mass is 423 g/mol. The van der Waals surface area contributed by atoms with Crippen molar-refractivity contribution >= 4 is 17.8 Å². The van der Waals surface area contributed by atoms with Gasteiger partial charge in [-0.15, -0.1) is 0 Å². The van der Waals surface area contributed by atoms with E-state index in [0.29, 0.717) is 17.7 Å². The van der Waals surface area contributed by atoms with Crippen LogP contribution in [0.3, 0.4) is 0 Å². The van der Waals surface area contributed by atoms with Gasteiger partial charge in [0.05, 0.1) is 13.2 Å². The van der Waals surface area contributed by atoms with Crippen LogP contribution in [0.4, 0.5) is 4.79 Å². The second-order valence-electron chi connectivity index (χ2n) is 7.63. The molecule has 1 fully saturated rings. The first kappa shape index (κ1) is 22.3. The molecule has 0 spiro atoms. The zero-order valence-corrected chi connectivity index (χ0v) is 18.2. The van der Waals surface area contributed by atoms with E-state index in [0.717, 1.165) is 23.3 Å². The molecule has 0 unspecified atom stereocenters. The van der Waals surface area contributed by atoms with Gasteiger partial charge in [0.15, 0.2) is 0 Å². The summed E-state index contributed by atoms with van der Waals surface area (Å²) in [6.07, 6.45) is 2.02. The van der Waals surface area contributed by atoms with Crippen molar-refractivity contribution in [3.8, 4) is 5.75 Å². The average molecular weight is 424 g/mol. The van der Waals surface area contributed by atoms with Gasteiger partial charge in [0.25, 0.3) is 5.91 Å². The van der Waals surface area contributed by atoms with Crippen LogP contribution in [0.25, 0.3) is 0 Å². The zero-order valence-electron chi connectivity index (χ0n) is 18.2. The number of rotatable bonds is 9. The number of nitrogens with zero attached hydrogens (tertiary/aromatic N) is 1. The van der Waals surface area contributed by atoms with Crippen molar-refractivity contribution in [2.75, 3.05) is 13.7 Å². The second-order valence-corrected chi connectivity index (χ2v) is 7.63. The van der Waals surface area contributed by atoms with Crippen molar-refractivity contribution in [3.63, 3.8) is 0 Å². The highest BCUT2D eigenvalue weighted by atomic mass is 16.5. The Bertz CT molecular complexity index is 930. The summed E-state index contributed by atoms with van der Waals surface area (Å²) in [6, 6.07) is 16.0. The standard InChI is InChI=1S/C24H29N3O4/c1-4-9-20(17-10-7-6-8-11-17)25-21(28)16-27-22(29)24(5-2,26-23(27)30)18-12-14-19(31-3)15-13-18/h6-8,10-15,20H,4-5,9,16H2,1-3H3,(H,25,28)(H,26,30)/t20-,24-/m1/s1. The van der Waals surface area contributed by atoms with Crippen molar-refractivity contribution in [3.05, 3.63) is 65.7 Å². The summed E-state index contributed by atoms with van der Waals surface area (Å²) in [4.78, 5) is 39.7. The summed E-state index contributed by atoms with van der Waals surface area (Å²) in [5.74, 6) is -0.134. The minimum Gasteiger partial charge on any atom is -0.497 e. The molecule has 0 radical (unpaired) electrons. The first-order valence-corrected chi connectivity index (χ1v) is 10.6. The lowest BCUT2D eigenvalue weighted by Crippen LogP contribution is -2.45. The first-order valence-electron chi connectivity index (χ1n) is 10.6. The van der Waals surface area contributed by atoms with E-state index >= 15 is 0 Å². The molecule has 31 heavy (non-hydrogen) atoms. The molecule has 0 bridgehead atoms. The number of imide groups is 1. The maximum absolute atomic E-state index is 13.3. The van der Waals surface area contributed by atoms with Gasteiger partial charge in [0, 0.05) is 0 Å². The molecule has 7 nitrogen and oxygen atoms in total. The van der Waals surface area contributed by atoms with E-state index in [-0.39, 0.29) is 18.5 Å². The molecule has 1 saturated heterocycles. The van der Waals surface area contributed by atoms with Crippen molar-refractivity contribution < 1.29 is 19.1 Å². The van der Waals surface area contributed by atoms with Gasteiger partial charge in [-0.1, -0.05) is 62.7 Å². The summed E-state index contributed by atoms with van der Waals surface area (Å²) < 4.78 is 5.18. The number of carbonyl (C=O) groups is 3. The summed E-state index contributed by atoms with van der Waals surface area (Å²) in [6.45, 7) is 3.55. The zero-order chi connectivity index (χ0) is 22.4. The summed E-state index contributed by atoms with van der Waals surface area (Å²) >= 11 is 0. The molecule has 1 heterocycles. The van der Waals surface area contributed by atoms with Gasteiger partial charge in [-0.3, -0.25) is 14.5 Å². The molecule has 0 aliphatic carbocycles. The number of urea groups is 1. The Kier molecular flexibility index (Phi) is 6.95. The lowest BCUT2D eigenvalue weighted by atomic mass is 9.87. The maximum Gasteiger partial charge on any atom is 0.325 e. The highest BCUT2D eigenvalue weighted by Gasteiger charge is 2.51. The molecule has 2 atom stereocenters. The third-order valence-corrected chi connectivity index (χ3v) is 5.71. The van der Waals surface area contributed by atoms with Crippen molar-refractivity contribution in [1.29, 1.82) is 0 Å². The van der Waals surface area contributed by atoms with Gasteiger partial charge >= 0.3 is 6.03 Å². The number of hydrogen-bond donors (Lipinski definition) is 2. The number of ether oxygens (including phenoxy) is 1. The van der Waals surface area contributed by atoms with E-state index in [9.17, 15) is 14.4 Å². The third kappa shape index (κ3) is 4.55. The second kappa shape index (κ2) is 9.64. The van der Waals surface area contributed by atoms with Crippen LogP contribution in [-0.2, 0) is 15.1 Å². The van der Waals surface area contributed by atoms with Crippen molar-refractivity contribution in [1.82, 2.24) is 15.5 Å². The topological polar surface area (TPSA) is 87.7 Å². The van der Waals surface area contributed by atoms with E-state index < -0.39 is 17.5 Å². The Hall–Kier alpha value is -3.35. The molecule has 0 saturated carbocycles. The third-order valence-electron chi connectivity index (χ3n) is 5.71. The predicted molar refractivity (Wildman–Crippen MR) is 117 cm³/mol. The Morgan fingerprint density at radius 2 is 1.77 bits per heavy atom. The molecule has 164 valence electrons. The molecule has 1 aliphatic heterocycles. The first-order chi connectivity index (χ1) is 14.9. The van der Waals surface area contributed by atoms with E-state index in [1.165, 1.54) is 0 Å². The van der Waals surface area contributed by atoms with Gasteiger partial charge in [0.2, 0.25) is 5.91 Å². The fourth-order valence-electron chi connectivity index (χ4n) is 3.96. The van der Waals surface area contributed by atoms with Crippen LogP contribution in [0.1, 0.15) is 50.3 Å². The number of hydrogen-bond acceptors (Lipinski definition) is 4. The van der Waals surface area contributed by atoms with Crippen LogP contribution < -0.4 is 15.4 Å². The van der Waals surface area contributed by atoms with Gasteiger partial charge in [0.1, 0.15) is 17.8 Å². The normalized spacial score (nSPS) is 19.1. The molecule has 7 heteroatoms. The Labute approximate surface area is 182 Å². The predicted octanol–water partition coefficient (Wildman–Crippen LogP) is 3.51. The van der Waals surface area contributed by atoms with Gasteiger partial charge in [-0.05, 0) is 36.1 Å². The van der Waals surface area contributed by atoms with Crippen LogP contribution in [0.15, 0.2) is 54.6 Å². The van der Waals surface area contributed by atoms with Gasteiger partial charge < -0.3 is 15.4 Å². The number of methoxy groups -OCH3 is 1. The van der Waals surface area contributed by atoms with Crippen LogP contribution in [-0.4, -0.2) is 36.4 Å². The van der Waals surface area contributed by atoms with Crippen LogP contribution >= 0.6 is 0 Å². The number of nitrogens with one attached hydrogen (secondary N) is 2. The molecular weight excluding hydrogens is 394 g/mol. The summed E-state index contributed by atoms with van der Waals surface area (Å²) in [5, 5.41) is 5.78. The lowest BCUT2D eigenvalue weighted by Gasteiger charge is -2.26. The molecule has 4 amide bonds. The quantitative estimate of drug-likeness (QED) is 0.604. The number of amides is 4. The fraction of sp³-hybridized carbons (Fsp3) is 0.375. The lowest BCUT2D eigenvalue weighted by molar-refractivity contribution is -0.135. The highest BCUT2D eigenvalue weighted by Crippen LogP contribution is 2.33.